The number of hydrogen-bond acceptors (Lipinski definition) is 3. The van der Waals surface area contributed by atoms with Gasteiger partial charge < -0.3 is 16.2 Å². The Bertz CT molecular complexity index is 432. The summed E-state index contributed by atoms with van der Waals surface area (Å²) in [7, 11) is 0. The van der Waals surface area contributed by atoms with E-state index in [1.807, 2.05) is 6.92 Å². The molecular weight excluding hydrogens is 232 g/mol. The minimum Gasteiger partial charge on any atom is -0.481 e. The Morgan fingerprint density at radius 2 is 2.17 bits per heavy atom. The molecular formula is C13H18N2O3. The van der Waals surface area contributed by atoms with Crippen LogP contribution >= 0.6 is 0 Å². The highest BCUT2D eigenvalue weighted by Gasteiger charge is 2.10. The van der Waals surface area contributed by atoms with Gasteiger partial charge in [0, 0.05) is 23.7 Å². The van der Waals surface area contributed by atoms with Crippen molar-refractivity contribution >= 4 is 17.6 Å². The maximum Gasteiger partial charge on any atom is 0.303 e. The highest BCUT2D eigenvalue weighted by Crippen LogP contribution is 2.07. The van der Waals surface area contributed by atoms with Crippen LogP contribution < -0.4 is 11.1 Å². The summed E-state index contributed by atoms with van der Waals surface area (Å²) in [4.78, 5) is 22.2. The molecule has 0 heterocycles. The fraction of sp³-hybridized carbons (Fsp3) is 0.385. The SMILES string of the molecule is CC(CCCC(=O)O)NC(=O)c1cccc(N)c1. The molecule has 98 valence electrons. The molecule has 0 bridgehead atoms. The fourth-order valence-electron chi connectivity index (χ4n) is 1.62. The number of rotatable bonds is 6. The van der Waals surface area contributed by atoms with Crippen LogP contribution in [-0.4, -0.2) is 23.0 Å². The molecule has 0 aliphatic heterocycles. The predicted molar refractivity (Wildman–Crippen MR) is 69.3 cm³/mol. The Balaban J connectivity index is 2.42. The van der Waals surface area contributed by atoms with Crippen molar-refractivity contribution in [3.8, 4) is 0 Å². The van der Waals surface area contributed by atoms with E-state index in [1.165, 1.54) is 0 Å². The Labute approximate surface area is 106 Å². The highest BCUT2D eigenvalue weighted by atomic mass is 16.4. The first-order valence-corrected chi connectivity index (χ1v) is 5.87. The van der Waals surface area contributed by atoms with Gasteiger partial charge in [0.1, 0.15) is 0 Å². The molecule has 1 atom stereocenters. The van der Waals surface area contributed by atoms with Gasteiger partial charge in [0.05, 0.1) is 0 Å². The van der Waals surface area contributed by atoms with E-state index in [2.05, 4.69) is 5.32 Å². The summed E-state index contributed by atoms with van der Waals surface area (Å²) in [5.41, 5.74) is 6.65. The zero-order valence-corrected chi connectivity index (χ0v) is 10.3. The van der Waals surface area contributed by atoms with Gasteiger partial charge in [0.15, 0.2) is 0 Å². The van der Waals surface area contributed by atoms with Crippen LogP contribution in [0.25, 0.3) is 0 Å². The van der Waals surface area contributed by atoms with Crippen LogP contribution in [-0.2, 0) is 4.79 Å². The summed E-state index contributed by atoms with van der Waals surface area (Å²) in [6, 6.07) is 6.68. The van der Waals surface area contributed by atoms with Crippen LogP contribution in [0.5, 0.6) is 0 Å². The largest absolute Gasteiger partial charge is 0.481 e. The van der Waals surface area contributed by atoms with Crippen LogP contribution in [0.2, 0.25) is 0 Å². The first-order chi connectivity index (χ1) is 8.49. The Morgan fingerprint density at radius 1 is 1.44 bits per heavy atom. The number of carbonyl (C=O) groups excluding carboxylic acids is 1. The molecule has 5 heteroatoms. The van der Waals surface area contributed by atoms with Gasteiger partial charge in [-0.15, -0.1) is 0 Å². The summed E-state index contributed by atoms with van der Waals surface area (Å²) in [5, 5.41) is 11.3. The number of nitrogens with two attached hydrogens (primary N) is 1. The molecule has 4 N–H and O–H groups in total. The average molecular weight is 250 g/mol. The van der Waals surface area contributed by atoms with Crippen molar-refractivity contribution in [3.05, 3.63) is 29.8 Å². The van der Waals surface area contributed by atoms with E-state index in [4.69, 9.17) is 10.8 Å². The molecule has 1 rings (SSSR count). The molecule has 1 aromatic carbocycles. The van der Waals surface area contributed by atoms with Gasteiger partial charge in [-0.3, -0.25) is 9.59 Å². The standard InChI is InChI=1S/C13H18N2O3/c1-9(4-2-7-12(16)17)15-13(18)10-5-3-6-11(14)8-10/h3,5-6,8-9H,2,4,7,14H2,1H3,(H,15,18)(H,16,17). The van der Waals surface area contributed by atoms with Crippen molar-refractivity contribution in [3.63, 3.8) is 0 Å². The third-order valence-electron chi connectivity index (χ3n) is 2.55. The summed E-state index contributed by atoms with van der Waals surface area (Å²) < 4.78 is 0. The number of carboxylic acid groups (broad SMARTS) is 1. The van der Waals surface area contributed by atoms with Crippen LogP contribution in [0.4, 0.5) is 5.69 Å². The minimum atomic E-state index is -0.815. The Hall–Kier alpha value is -2.04. The molecule has 0 radical (unpaired) electrons. The second-order valence-corrected chi connectivity index (χ2v) is 4.29. The van der Waals surface area contributed by atoms with E-state index in [1.54, 1.807) is 24.3 Å². The van der Waals surface area contributed by atoms with Crippen molar-refractivity contribution in [1.82, 2.24) is 5.32 Å². The smallest absolute Gasteiger partial charge is 0.303 e. The number of aliphatic carboxylic acids is 1. The van der Waals surface area contributed by atoms with E-state index < -0.39 is 5.97 Å². The van der Waals surface area contributed by atoms with Crippen LogP contribution in [0.3, 0.4) is 0 Å². The summed E-state index contributed by atoms with van der Waals surface area (Å²) >= 11 is 0. The van der Waals surface area contributed by atoms with Crippen LogP contribution in [0.15, 0.2) is 24.3 Å². The minimum absolute atomic E-state index is 0.0571. The predicted octanol–water partition coefficient (Wildman–Crippen LogP) is 1.64. The number of benzene rings is 1. The summed E-state index contributed by atoms with van der Waals surface area (Å²) in [5.74, 6) is -1.01. The van der Waals surface area contributed by atoms with E-state index in [9.17, 15) is 9.59 Å². The maximum absolute atomic E-state index is 11.8. The molecule has 5 nitrogen and oxygen atoms in total. The molecule has 0 saturated carbocycles. The van der Waals surface area contributed by atoms with E-state index >= 15 is 0 Å². The van der Waals surface area contributed by atoms with E-state index in [-0.39, 0.29) is 18.4 Å². The second-order valence-electron chi connectivity index (χ2n) is 4.29. The first kappa shape index (κ1) is 14.0. The molecule has 18 heavy (non-hydrogen) atoms. The lowest BCUT2D eigenvalue weighted by Crippen LogP contribution is -2.32. The molecule has 1 amide bonds. The third kappa shape index (κ3) is 4.86. The second kappa shape index (κ2) is 6.64. The monoisotopic (exact) mass is 250 g/mol. The topological polar surface area (TPSA) is 92.4 Å². The average Bonchev–Trinajstić information content (AvgIpc) is 2.28. The highest BCUT2D eigenvalue weighted by molar-refractivity contribution is 5.95. The van der Waals surface area contributed by atoms with Crippen molar-refractivity contribution in [1.29, 1.82) is 0 Å². The van der Waals surface area contributed by atoms with Gasteiger partial charge in [-0.05, 0) is 38.0 Å². The normalized spacial score (nSPS) is 11.8. The number of anilines is 1. The zero-order chi connectivity index (χ0) is 13.5. The molecule has 0 aliphatic rings. The first-order valence-electron chi connectivity index (χ1n) is 5.87. The summed E-state index contributed by atoms with van der Waals surface area (Å²) in [6.45, 7) is 1.85. The fourth-order valence-corrected chi connectivity index (χ4v) is 1.62. The molecule has 0 aliphatic carbocycles. The van der Waals surface area contributed by atoms with Crippen LogP contribution in [0.1, 0.15) is 36.5 Å². The quantitative estimate of drug-likeness (QED) is 0.669. The molecule has 1 unspecified atom stereocenters. The van der Waals surface area contributed by atoms with Gasteiger partial charge in [-0.1, -0.05) is 6.07 Å². The molecule has 0 spiro atoms. The van der Waals surface area contributed by atoms with E-state index in [0.29, 0.717) is 24.1 Å². The van der Waals surface area contributed by atoms with Crippen molar-refractivity contribution < 1.29 is 14.7 Å². The molecule has 0 saturated heterocycles. The van der Waals surface area contributed by atoms with Gasteiger partial charge in [0.25, 0.3) is 5.91 Å². The van der Waals surface area contributed by atoms with E-state index in [0.717, 1.165) is 0 Å². The molecule has 0 aromatic heterocycles. The van der Waals surface area contributed by atoms with Crippen molar-refractivity contribution in [2.24, 2.45) is 0 Å². The number of carbonyl (C=O) groups is 2. The number of carboxylic acids is 1. The van der Waals surface area contributed by atoms with Gasteiger partial charge in [-0.25, -0.2) is 0 Å². The Kier molecular flexibility index (Phi) is 5.17. The lowest BCUT2D eigenvalue weighted by atomic mass is 10.1. The van der Waals surface area contributed by atoms with Gasteiger partial charge in [-0.2, -0.15) is 0 Å². The number of nitrogens with one attached hydrogen (secondary N) is 1. The number of nitrogen functional groups attached to an aromatic ring is 1. The zero-order valence-electron chi connectivity index (χ0n) is 10.3. The van der Waals surface area contributed by atoms with Gasteiger partial charge in [0.2, 0.25) is 0 Å². The van der Waals surface area contributed by atoms with Crippen molar-refractivity contribution in [2.45, 2.75) is 32.2 Å². The van der Waals surface area contributed by atoms with Crippen LogP contribution in [0, 0.1) is 0 Å². The molecule has 0 fully saturated rings. The lowest BCUT2D eigenvalue weighted by Gasteiger charge is -2.13. The summed E-state index contributed by atoms with van der Waals surface area (Å²) in [6.07, 6.45) is 1.31. The van der Waals surface area contributed by atoms with Crippen molar-refractivity contribution in [2.75, 3.05) is 5.73 Å². The number of amides is 1. The Morgan fingerprint density at radius 3 is 2.78 bits per heavy atom. The molecule has 1 aromatic rings. The maximum atomic E-state index is 11.8. The lowest BCUT2D eigenvalue weighted by molar-refractivity contribution is -0.137. The van der Waals surface area contributed by atoms with Gasteiger partial charge >= 0.3 is 5.97 Å². The third-order valence-corrected chi connectivity index (χ3v) is 2.55. The number of hydrogen-bond donors (Lipinski definition) is 3.